The Kier molecular flexibility index (Phi) is 2.97. The van der Waals surface area contributed by atoms with E-state index >= 15 is 0 Å². The molecule has 0 aliphatic rings. The van der Waals surface area contributed by atoms with Gasteiger partial charge in [-0.15, -0.1) is 0 Å². The molecule has 0 radical (unpaired) electrons. The molecule has 66 valence electrons. The van der Waals surface area contributed by atoms with Gasteiger partial charge in [-0.3, -0.25) is 4.79 Å². The van der Waals surface area contributed by atoms with Gasteiger partial charge in [0.25, 0.3) is 0 Å². The third-order valence-electron chi connectivity index (χ3n) is 1.50. The first-order chi connectivity index (χ1) is 6.24. The van der Waals surface area contributed by atoms with E-state index in [0.29, 0.717) is 11.8 Å². The second-order valence-electron chi connectivity index (χ2n) is 2.43. The summed E-state index contributed by atoms with van der Waals surface area (Å²) in [5.41, 5.74) is 0.457. The summed E-state index contributed by atoms with van der Waals surface area (Å²) in [4.78, 5) is 20.7. The molecule has 0 unspecified atom stereocenters. The minimum atomic E-state index is -1.21. The molecule has 3 heteroatoms. The number of hydrogen-bond acceptors (Lipinski definition) is 2. The number of carbonyl (C=O) groups is 2. The molecule has 0 aliphatic heterocycles. The van der Waals surface area contributed by atoms with Crippen molar-refractivity contribution in [2.24, 2.45) is 0 Å². The SMILES string of the molecule is O=C/C(=C/c1ccccc1)C(=O)O. The van der Waals surface area contributed by atoms with E-state index in [1.807, 2.05) is 6.07 Å². The summed E-state index contributed by atoms with van der Waals surface area (Å²) in [5, 5.41) is 8.54. The first-order valence-corrected chi connectivity index (χ1v) is 3.69. The van der Waals surface area contributed by atoms with Gasteiger partial charge in [0.05, 0.1) is 5.57 Å². The maximum atomic E-state index is 10.4. The maximum absolute atomic E-state index is 10.4. The van der Waals surface area contributed by atoms with Gasteiger partial charge in [0.2, 0.25) is 0 Å². The summed E-state index contributed by atoms with van der Waals surface area (Å²) < 4.78 is 0. The largest absolute Gasteiger partial charge is 0.478 e. The molecule has 1 aromatic rings. The van der Waals surface area contributed by atoms with Gasteiger partial charge in [-0.05, 0) is 11.6 Å². The Labute approximate surface area is 75.3 Å². The maximum Gasteiger partial charge on any atom is 0.339 e. The van der Waals surface area contributed by atoms with Crippen LogP contribution in [0.1, 0.15) is 5.56 Å². The van der Waals surface area contributed by atoms with Gasteiger partial charge in [-0.25, -0.2) is 4.79 Å². The fraction of sp³-hybridized carbons (Fsp3) is 0. The lowest BCUT2D eigenvalue weighted by Crippen LogP contribution is -2.00. The molecule has 1 N–H and O–H groups in total. The lowest BCUT2D eigenvalue weighted by molar-refractivity contribution is -0.133. The lowest BCUT2D eigenvalue weighted by Gasteiger charge is -1.92. The molecule has 0 aromatic heterocycles. The van der Waals surface area contributed by atoms with Crippen molar-refractivity contribution in [2.45, 2.75) is 0 Å². The topological polar surface area (TPSA) is 54.4 Å². The number of hydrogen-bond donors (Lipinski definition) is 1. The molecule has 0 atom stereocenters. The van der Waals surface area contributed by atoms with Crippen LogP contribution < -0.4 is 0 Å². The van der Waals surface area contributed by atoms with Crippen molar-refractivity contribution in [1.29, 1.82) is 0 Å². The fourth-order valence-corrected chi connectivity index (χ4v) is 0.875. The predicted molar refractivity (Wildman–Crippen MR) is 48.1 cm³/mol. The number of aliphatic carboxylic acids is 1. The molecular formula is C10H8O3. The van der Waals surface area contributed by atoms with Crippen molar-refractivity contribution in [3.63, 3.8) is 0 Å². The molecule has 1 aromatic carbocycles. The summed E-state index contributed by atoms with van der Waals surface area (Å²) in [7, 11) is 0. The zero-order chi connectivity index (χ0) is 9.68. The lowest BCUT2D eigenvalue weighted by atomic mass is 10.1. The zero-order valence-electron chi connectivity index (χ0n) is 6.81. The van der Waals surface area contributed by atoms with E-state index in [-0.39, 0.29) is 5.57 Å². The Morgan fingerprint density at radius 2 is 1.85 bits per heavy atom. The van der Waals surface area contributed by atoms with E-state index in [0.717, 1.165) is 0 Å². The second-order valence-corrected chi connectivity index (χ2v) is 2.43. The highest BCUT2D eigenvalue weighted by Gasteiger charge is 2.04. The van der Waals surface area contributed by atoms with Crippen molar-refractivity contribution in [3.05, 3.63) is 41.5 Å². The third-order valence-corrected chi connectivity index (χ3v) is 1.50. The Morgan fingerprint density at radius 3 is 2.31 bits per heavy atom. The highest BCUT2D eigenvalue weighted by atomic mass is 16.4. The van der Waals surface area contributed by atoms with Crippen LogP contribution in [0.25, 0.3) is 6.08 Å². The van der Waals surface area contributed by atoms with E-state index in [1.165, 1.54) is 6.08 Å². The minimum absolute atomic E-state index is 0.244. The van der Waals surface area contributed by atoms with Gasteiger partial charge in [-0.1, -0.05) is 30.3 Å². The molecule has 0 heterocycles. The fourth-order valence-electron chi connectivity index (χ4n) is 0.875. The number of aldehydes is 1. The van der Waals surface area contributed by atoms with Crippen LogP contribution >= 0.6 is 0 Å². The number of carboxylic acid groups (broad SMARTS) is 1. The third kappa shape index (κ3) is 2.56. The molecule has 0 bridgehead atoms. The summed E-state index contributed by atoms with van der Waals surface area (Å²) in [6.07, 6.45) is 1.66. The van der Waals surface area contributed by atoms with Crippen LogP contribution in [0.5, 0.6) is 0 Å². The molecule has 0 spiro atoms. The quantitative estimate of drug-likeness (QED) is 0.327. The zero-order valence-corrected chi connectivity index (χ0v) is 6.81. The second kappa shape index (κ2) is 4.21. The summed E-state index contributed by atoms with van der Waals surface area (Å²) in [6.45, 7) is 0. The standard InChI is InChI=1S/C10H8O3/c11-7-9(10(12)13)6-8-4-2-1-3-5-8/h1-7H,(H,12,13)/b9-6-. The number of rotatable bonds is 3. The van der Waals surface area contributed by atoms with Crippen LogP contribution in [0.3, 0.4) is 0 Å². The van der Waals surface area contributed by atoms with Gasteiger partial charge >= 0.3 is 5.97 Å². The van der Waals surface area contributed by atoms with Gasteiger partial charge in [-0.2, -0.15) is 0 Å². The van der Waals surface area contributed by atoms with Crippen LogP contribution in [0.2, 0.25) is 0 Å². The molecule has 0 saturated carbocycles. The molecule has 3 nitrogen and oxygen atoms in total. The van der Waals surface area contributed by atoms with Crippen LogP contribution in [0.15, 0.2) is 35.9 Å². The summed E-state index contributed by atoms with van der Waals surface area (Å²) in [6, 6.07) is 8.82. The summed E-state index contributed by atoms with van der Waals surface area (Å²) in [5.74, 6) is -1.21. The van der Waals surface area contributed by atoms with Crippen molar-refractivity contribution >= 4 is 18.3 Å². The van der Waals surface area contributed by atoms with E-state index < -0.39 is 5.97 Å². The average molecular weight is 176 g/mol. The van der Waals surface area contributed by atoms with Gasteiger partial charge in [0, 0.05) is 0 Å². The smallest absolute Gasteiger partial charge is 0.339 e. The number of carbonyl (C=O) groups excluding carboxylic acids is 1. The molecule has 0 fully saturated rings. The predicted octanol–water partition coefficient (Wildman–Crippen LogP) is 1.35. The van der Waals surface area contributed by atoms with Crippen LogP contribution in [-0.2, 0) is 9.59 Å². The van der Waals surface area contributed by atoms with Gasteiger partial charge in [0.15, 0.2) is 6.29 Å². The first-order valence-electron chi connectivity index (χ1n) is 3.69. The van der Waals surface area contributed by atoms with E-state index in [2.05, 4.69) is 0 Å². The highest BCUT2D eigenvalue weighted by molar-refractivity contribution is 6.10. The van der Waals surface area contributed by atoms with Crippen molar-refractivity contribution in [3.8, 4) is 0 Å². The molecule has 0 amide bonds. The average Bonchev–Trinajstić information content (AvgIpc) is 2.15. The van der Waals surface area contributed by atoms with Crippen LogP contribution in [-0.4, -0.2) is 17.4 Å². The molecule has 1 rings (SSSR count). The molecular weight excluding hydrogens is 168 g/mol. The Hall–Kier alpha value is -1.90. The minimum Gasteiger partial charge on any atom is -0.478 e. The monoisotopic (exact) mass is 176 g/mol. The number of benzene rings is 1. The van der Waals surface area contributed by atoms with E-state index in [9.17, 15) is 9.59 Å². The van der Waals surface area contributed by atoms with Gasteiger partial charge in [0.1, 0.15) is 0 Å². The van der Waals surface area contributed by atoms with Gasteiger partial charge < -0.3 is 5.11 Å². The van der Waals surface area contributed by atoms with E-state index in [1.54, 1.807) is 24.3 Å². The molecule has 13 heavy (non-hydrogen) atoms. The Balaban J connectivity index is 2.98. The summed E-state index contributed by atoms with van der Waals surface area (Å²) >= 11 is 0. The Bertz CT molecular complexity index is 338. The number of carboxylic acids is 1. The molecule has 0 aliphatic carbocycles. The van der Waals surface area contributed by atoms with Crippen molar-refractivity contribution in [1.82, 2.24) is 0 Å². The van der Waals surface area contributed by atoms with Crippen LogP contribution in [0.4, 0.5) is 0 Å². The highest BCUT2D eigenvalue weighted by Crippen LogP contribution is 2.04. The van der Waals surface area contributed by atoms with E-state index in [4.69, 9.17) is 5.11 Å². The molecule has 0 saturated heterocycles. The van der Waals surface area contributed by atoms with Crippen LogP contribution in [0, 0.1) is 0 Å². The Morgan fingerprint density at radius 1 is 1.23 bits per heavy atom. The van der Waals surface area contributed by atoms with Crippen molar-refractivity contribution in [2.75, 3.05) is 0 Å². The first kappa shape index (κ1) is 9.19. The normalized spacial score (nSPS) is 10.9. The van der Waals surface area contributed by atoms with Crippen molar-refractivity contribution < 1.29 is 14.7 Å².